The van der Waals surface area contributed by atoms with Gasteiger partial charge < -0.3 is 5.73 Å². The number of aromatic nitrogens is 2. The Kier molecular flexibility index (Phi) is 3.52. The average molecular weight is 312 g/mol. The molecule has 2 aromatic rings. The van der Waals surface area contributed by atoms with E-state index in [2.05, 4.69) is 0 Å². The lowest BCUT2D eigenvalue weighted by Gasteiger charge is -2.17. The van der Waals surface area contributed by atoms with Gasteiger partial charge in [-0.25, -0.2) is 4.68 Å². The zero-order valence-corrected chi connectivity index (χ0v) is 12.4. The standard InChI is InChI=1S/C14H15Cl2N3O/c15-11-4-3-5-12(16)9(11)8-10-13(17)18-6-1-2-7-19(18)14(10)20/h3-5H,1-2,6-8,17H2. The topological polar surface area (TPSA) is 53.0 Å². The molecular weight excluding hydrogens is 297 g/mol. The van der Waals surface area contributed by atoms with Crippen molar-refractivity contribution in [3.8, 4) is 0 Å². The van der Waals surface area contributed by atoms with Crippen LogP contribution in [0.3, 0.4) is 0 Å². The third-order valence-electron chi connectivity index (χ3n) is 3.78. The zero-order valence-electron chi connectivity index (χ0n) is 10.9. The highest BCUT2D eigenvalue weighted by Gasteiger charge is 2.21. The zero-order chi connectivity index (χ0) is 14.3. The summed E-state index contributed by atoms with van der Waals surface area (Å²) >= 11 is 12.3. The summed E-state index contributed by atoms with van der Waals surface area (Å²) in [6.07, 6.45) is 2.43. The molecule has 0 bridgehead atoms. The van der Waals surface area contributed by atoms with Crippen molar-refractivity contribution < 1.29 is 0 Å². The molecule has 0 aliphatic carbocycles. The highest BCUT2D eigenvalue weighted by atomic mass is 35.5. The molecule has 0 amide bonds. The maximum absolute atomic E-state index is 12.4. The van der Waals surface area contributed by atoms with Crippen LogP contribution in [0.4, 0.5) is 5.82 Å². The van der Waals surface area contributed by atoms with Crippen LogP contribution in [0, 0.1) is 0 Å². The second-order valence-electron chi connectivity index (χ2n) is 5.00. The summed E-state index contributed by atoms with van der Waals surface area (Å²) in [4.78, 5) is 12.4. The summed E-state index contributed by atoms with van der Waals surface area (Å²) in [5, 5.41) is 1.12. The monoisotopic (exact) mass is 311 g/mol. The molecule has 3 rings (SSSR count). The van der Waals surface area contributed by atoms with Crippen LogP contribution >= 0.6 is 23.2 Å². The molecular formula is C14H15Cl2N3O. The van der Waals surface area contributed by atoms with E-state index in [0.29, 0.717) is 27.8 Å². The number of fused-ring (bicyclic) bond motifs is 1. The van der Waals surface area contributed by atoms with E-state index >= 15 is 0 Å². The first-order valence-electron chi connectivity index (χ1n) is 6.60. The Balaban J connectivity index is 2.08. The van der Waals surface area contributed by atoms with Crippen LogP contribution in [0.2, 0.25) is 10.0 Å². The first kappa shape index (κ1) is 13.6. The highest BCUT2D eigenvalue weighted by molar-refractivity contribution is 6.36. The summed E-state index contributed by atoms with van der Waals surface area (Å²) in [5.41, 5.74) is 7.44. The van der Waals surface area contributed by atoms with Crippen LogP contribution in [0.1, 0.15) is 24.0 Å². The summed E-state index contributed by atoms with van der Waals surface area (Å²) in [7, 11) is 0. The van der Waals surface area contributed by atoms with E-state index in [1.54, 1.807) is 22.9 Å². The van der Waals surface area contributed by atoms with Crippen molar-refractivity contribution >= 4 is 29.0 Å². The van der Waals surface area contributed by atoms with Crippen molar-refractivity contribution in [1.82, 2.24) is 9.36 Å². The fourth-order valence-corrected chi connectivity index (χ4v) is 3.22. The van der Waals surface area contributed by atoms with Crippen molar-refractivity contribution in [1.29, 1.82) is 0 Å². The maximum atomic E-state index is 12.4. The van der Waals surface area contributed by atoms with Gasteiger partial charge in [-0.15, -0.1) is 0 Å². The Morgan fingerprint density at radius 3 is 2.25 bits per heavy atom. The van der Waals surface area contributed by atoms with Crippen LogP contribution < -0.4 is 11.3 Å². The molecule has 2 heterocycles. The number of benzene rings is 1. The number of nitrogens with two attached hydrogens (primary N) is 1. The van der Waals surface area contributed by atoms with Gasteiger partial charge in [0.15, 0.2) is 0 Å². The Bertz CT molecular complexity index is 698. The number of anilines is 1. The van der Waals surface area contributed by atoms with Crippen molar-refractivity contribution in [2.75, 3.05) is 5.73 Å². The number of nitrogens with zero attached hydrogens (tertiary/aromatic N) is 2. The summed E-state index contributed by atoms with van der Waals surface area (Å²) < 4.78 is 3.59. The normalized spacial score (nSPS) is 14.3. The minimum atomic E-state index is -0.0295. The lowest BCUT2D eigenvalue weighted by atomic mass is 10.1. The summed E-state index contributed by atoms with van der Waals surface area (Å²) in [6, 6.07) is 5.33. The fourth-order valence-electron chi connectivity index (χ4n) is 2.69. The molecule has 1 aliphatic rings. The smallest absolute Gasteiger partial charge is 0.272 e. The van der Waals surface area contributed by atoms with Crippen LogP contribution in [0.5, 0.6) is 0 Å². The van der Waals surface area contributed by atoms with Gasteiger partial charge in [0.1, 0.15) is 5.82 Å². The number of rotatable bonds is 2. The van der Waals surface area contributed by atoms with E-state index in [1.807, 2.05) is 4.68 Å². The third kappa shape index (κ3) is 2.13. The molecule has 2 N–H and O–H groups in total. The SMILES string of the molecule is Nc1c(Cc2c(Cl)cccc2Cl)c(=O)n2n1CCCC2. The quantitative estimate of drug-likeness (QED) is 0.927. The van der Waals surface area contributed by atoms with E-state index in [-0.39, 0.29) is 5.56 Å². The molecule has 1 aliphatic heterocycles. The Morgan fingerprint density at radius 2 is 1.65 bits per heavy atom. The maximum Gasteiger partial charge on any atom is 0.272 e. The number of hydrogen-bond acceptors (Lipinski definition) is 2. The molecule has 1 aromatic heterocycles. The van der Waals surface area contributed by atoms with Crippen LogP contribution in [-0.4, -0.2) is 9.36 Å². The Labute approximate surface area is 126 Å². The molecule has 1 aromatic carbocycles. The van der Waals surface area contributed by atoms with E-state index < -0.39 is 0 Å². The molecule has 0 radical (unpaired) electrons. The van der Waals surface area contributed by atoms with Gasteiger partial charge in [0.05, 0.1) is 5.56 Å². The molecule has 0 unspecified atom stereocenters. The number of halogens is 2. The molecule has 20 heavy (non-hydrogen) atoms. The molecule has 0 spiro atoms. The summed E-state index contributed by atoms with van der Waals surface area (Å²) in [6.45, 7) is 1.51. The van der Waals surface area contributed by atoms with Gasteiger partial charge in [-0.05, 0) is 30.5 Å². The second-order valence-corrected chi connectivity index (χ2v) is 5.81. The van der Waals surface area contributed by atoms with Crippen LogP contribution in [0.25, 0.3) is 0 Å². The molecule has 4 nitrogen and oxygen atoms in total. The van der Waals surface area contributed by atoms with E-state index in [0.717, 1.165) is 31.5 Å². The fraction of sp³-hybridized carbons (Fsp3) is 0.357. The predicted molar refractivity (Wildman–Crippen MR) is 81.6 cm³/mol. The molecule has 0 atom stereocenters. The molecule has 106 valence electrons. The van der Waals surface area contributed by atoms with Gasteiger partial charge in [0.2, 0.25) is 0 Å². The van der Waals surface area contributed by atoms with Crippen LogP contribution in [0.15, 0.2) is 23.0 Å². The van der Waals surface area contributed by atoms with Gasteiger partial charge in [-0.3, -0.25) is 9.48 Å². The van der Waals surface area contributed by atoms with Crippen LogP contribution in [-0.2, 0) is 19.5 Å². The first-order chi connectivity index (χ1) is 9.59. The molecule has 0 saturated carbocycles. The number of nitrogen functional groups attached to an aromatic ring is 1. The minimum Gasteiger partial charge on any atom is -0.384 e. The van der Waals surface area contributed by atoms with Crippen molar-refractivity contribution in [2.24, 2.45) is 0 Å². The minimum absolute atomic E-state index is 0.0295. The van der Waals surface area contributed by atoms with Crippen molar-refractivity contribution in [3.05, 3.63) is 49.7 Å². The van der Waals surface area contributed by atoms with Crippen molar-refractivity contribution in [2.45, 2.75) is 32.4 Å². The number of hydrogen-bond donors (Lipinski definition) is 1. The second kappa shape index (κ2) is 5.19. The Morgan fingerprint density at radius 1 is 1.05 bits per heavy atom. The third-order valence-corrected chi connectivity index (χ3v) is 4.48. The van der Waals surface area contributed by atoms with Gasteiger partial charge in [0.25, 0.3) is 5.56 Å². The van der Waals surface area contributed by atoms with Crippen molar-refractivity contribution in [3.63, 3.8) is 0 Å². The molecule has 0 fully saturated rings. The molecule has 0 saturated heterocycles. The van der Waals surface area contributed by atoms with Gasteiger partial charge in [-0.2, -0.15) is 0 Å². The lowest BCUT2D eigenvalue weighted by molar-refractivity contribution is 0.360. The largest absolute Gasteiger partial charge is 0.384 e. The van der Waals surface area contributed by atoms with E-state index in [4.69, 9.17) is 28.9 Å². The Hall–Kier alpha value is -1.39. The van der Waals surface area contributed by atoms with E-state index in [9.17, 15) is 4.79 Å². The first-order valence-corrected chi connectivity index (χ1v) is 7.36. The van der Waals surface area contributed by atoms with Gasteiger partial charge >= 0.3 is 0 Å². The predicted octanol–water partition coefficient (Wildman–Crippen LogP) is 2.92. The lowest BCUT2D eigenvalue weighted by Crippen LogP contribution is -2.28. The van der Waals surface area contributed by atoms with E-state index in [1.165, 1.54) is 0 Å². The van der Waals surface area contributed by atoms with Gasteiger partial charge in [0, 0.05) is 29.6 Å². The molecule has 6 heteroatoms. The van der Waals surface area contributed by atoms with Gasteiger partial charge in [-0.1, -0.05) is 29.3 Å². The highest BCUT2D eigenvalue weighted by Crippen LogP contribution is 2.28. The average Bonchev–Trinajstić information content (AvgIpc) is 2.68. The summed E-state index contributed by atoms with van der Waals surface area (Å²) in [5.74, 6) is 0.533.